The lowest BCUT2D eigenvalue weighted by atomic mass is 10.2. The molecule has 8 heteroatoms. The van der Waals surface area contributed by atoms with Crippen LogP contribution in [0.4, 0.5) is 0 Å². The van der Waals surface area contributed by atoms with Gasteiger partial charge in [-0.25, -0.2) is 4.98 Å². The second kappa shape index (κ2) is 9.36. The summed E-state index contributed by atoms with van der Waals surface area (Å²) in [5.74, 6) is 0.000779. The highest BCUT2D eigenvalue weighted by Gasteiger charge is 2.16. The Bertz CT molecular complexity index is 724. The Morgan fingerprint density at radius 3 is 2.81 bits per heavy atom. The van der Waals surface area contributed by atoms with Gasteiger partial charge in [-0.3, -0.25) is 14.5 Å². The summed E-state index contributed by atoms with van der Waals surface area (Å²) < 4.78 is 5.36. The molecule has 26 heavy (non-hydrogen) atoms. The Morgan fingerprint density at radius 1 is 1.27 bits per heavy atom. The predicted octanol–water partition coefficient (Wildman–Crippen LogP) is 2.66. The average molecular weight is 394 g/mol. The molecule has 1 aliphatic heterocycles. The fourth-order valence-electron chi connectivity index (χ4n) is 2.75. The number of rotatable bonds is 8. The van der Waals surface area contributed by atoms with E-state index >= 15 is 0 Å². The number of amides is 1. The topological polar surface area (TPSA) is 62.7 Å². The fraction of sp³-hybridized carbons (Fsp3) is 0.500. The van der Waals surface area contributed by atoms with Gasteiger partial charge >= 0.3 is 0 Å². The van der Waals surface area contributed by atoms with Crippen molar-refractivity contribution in [3.63, 3.8) is 0 Å². The van der Waals surface area contributed by atoms with Crippen LogP contribution in [0.1, 0.15) is 33.2 Å². The number of thiazole rings is 1. The Kier molecular flexibility index (Phi) is 6.90. The Hall–Kier alpha value is -1.61. The lowest BCUT2D eigenvalue weighted by molar-refractivity contribution is -0.130. The van der Waals surface area contributed by atoms with Crippen LogP contribution in [-0.2, 0) is 22.6 Å². The van der Waals surface area contributed by atoms with Gasteiger partial charge in [0.25, 0.3) is 0 Å². The van der Waals surface area contributed by atoms with Crippen molar-refractivity contribution in [2.24, 2.45) is 0 Å². The third kappa shape index (κ3) is 5.44. The number of hydrogen-bond acceptors (Lipinski definition) is 7. The molecule has 0 aromatic carbocycles. The van der Waals surface area contributed by atoms with Crippen LogP contribution in [0.15, 0.2) is 22.9 Å². The number of ether oxygens (including phenoxy) is 1. The number of morpholine rings is 1. The summed E-state index contributed by atoms with van der Waals surface area (Å²) in [6.07, 6.45) is 0.487. The molecule has 0 spiro atoms. The molecule has 1 amide bonds. The Balaban J connectivity index is 1.44. The fourth-order valence-corrected chi connectivity index (χ4v) is 4.27. The van der Waals surface area contributed by atoms with Gasteiger partial charge in [-0.05, 0) is 11.4 Å². The summed E-state index contributed by atoms with van der Waals surface area (Å²) in [4.78, 5) is 33.6. The van der Waals surface area contributed by atoms with Crippen molar-refractivity contribution >= 4 is 34.4 Å². The zero-order valence-corrected chi connectivity index (χ0v) is 16.5. The summed E-state index contributed by atoms with van der Waals surface area (Å²) in [6, 6.07) is 3.65. The molecule has 0 N–H and O–H groups in total. The van der Waals surface area contributed by atoms with Gasteiger partial charge in [0, 0.05) is 38.4 Å². The molecule has 2 aromatic rings. The highest BCUT2D eigenvalue weighted by atomic mass is 32.1. The first-order valence-electron chi connectivity index (χ1n) is 8.66. The maximum atomic E-state index is 12.3. The quantitative estimate of drug-likeness (QED) is 0.645. The number of aromatic nitrogens is 1. The molecule has 3 heterocycles. The van der Waals surface area contributed by atoms with E-state index in [2.05, 4.69) is 9.88 Å². The minimum Gasteiger partial charge on any atom is -0.379 e. The van der Waals surface area contributed by atoms with Crippen molar-refractivity contribution in [1.29, 1.82) is 0 Å². The van der Waals surface area contributed by atoms with E-state index in [1.807, 2.05) is 16.8 Å². The lowest BCUT2D eigenvalue weighted by Gasteiger charge is -2.25. The monoisotopic (exact) mass is 393 g/mol. The third-order valence-corrected chi connectivity index (χ3v) is 6.04. The maximum Gasteiger partial charge on any atom is 0.223 e. The van der Waals surface area contributed by atoms with Gasteiger partial charge < -0.3 is 9.64 Å². The molecular formula is C18H23N3O3S2. The highest BCUT2D eigenvalue weighted by molar-refractivity contribution is 7.12. The van der Waals surface area contributed by atoms with Gasteiger partial charge in [-0.15, -0.1) is 22.7 Å². The summed E-state index contributed by atoms with van der Waals surface area (Å²) in [5, 5.41) is 4.95. The second-order valence-corrected chi connectivity index (χ2v) is 8.16. The molecule has 1 fully saturated rings. The highest BCUT2D eigenvalue weighted by Crippen LogP contribution is 2.16. The van der Waals surface area contributed by atoms with E-state index in [1.54, 1.807) is 29.4 Å². The van der Waals surface area contributed by atoms with Gasteiger partial charge in [0.2, 0.25) is 5.91 Å². The molecule has 140 valence electrons. The van der Waals surface area contributed by atoms with E-state index in [0.717, 1.165) is 43.5 Å². The standard InChI is InChI=1S/C18H23N3O3S2/c1-20(18(23)5-4-15(22)16-3-2-10-25-16)11-14-13-26-17(19-14)12-21-6-8-24-9-7-21/h2-3,10,13H,4-9,11-12H2,1H3. The lowest BCUT2D eigenvalue weighted by Crippen LogP contribution is -2.35. The number of ketones is 1. The van der Waals surface area contributed by atoms with Crippen molar-refractivity contribution in [2.45, 2.75) is 25.9 Å². The molecule has 1 aliphatic rings. The molecule has 2 aromatic heterocycles. The van der Waals surface area contributed by atoms with Gasteiger partial charge in [-0.2, -0.15) is 0 Å². The van der Waals surface area contributed by atoms with E-state index in [-0.39, 0.29) is 24.5 Å². The van der Waals surface area contributed by atoms with E-state index < -0.39 is 0 Å². The predicted molar refractivity (Wildman–Crippen MR) is 103 cm³/mol. The molecule has 1 saturated heterocycles. The largest absolute Gasteiger partial charge is 0.379 e. The maximum absolute atomic E-state index is 12.3. The number of thiophene rings is 1. The van der Waals surface area contributed by atoms with E-state index in [9.17, 15) is 9.59 Å². The summed E-state index contributed by atoms with van der Waals surface area (Å²) in [5.41, 5.74) is 0.902. The molecule has 0 atom stereocenters. The van der Waals surface area contributed by atoms with Crippen LogP contribution in [0.25, 0.3) is 0 Å². The normalized spacial score (nSPS) is 15.1. The van der Waals surface area contributed by atoms with Crippen molar-refractivity contribution in [2.75, 3.05) is 33.4 Å². The van der Waals surface area contributed by atoms with Crippen molar-refractivity contribution in [1.82, 2.24) is 14.8 Å². The van der Waals surface area contributed by atoms with Gasteiger partial charge in [-0.1, -0.05) is 6.07 Å². The zero-order valence-electron chi connectivity index (χ0n) is 14.8. The minimum atomic E-state index is -0.0300. The van der Waals surface area contributed by atoms with Crippen LogP contribution >= 0.6 is 22.7 Å². The van der Waals surface area contributed by atoms with Crippen LogP contribution in [0, 0.1) is 0 Å². The first-order chi connectivity index (χ1) is 12.6. The van der Waals surface area contributed by atoms with E-state index in [4.69, 9.17) is 4.74 Å². The third-order valence-electron chi connectivity index (χ3n) is 4.25. The smallest absolute Gasteiger partial charge is 0.223 e. The minimum absolute atomic E-state index is 0.0300. The van der Waals surface area contributed by atoms with E-state index in [0.29, 0.717) is 11.4 Å². The van der Waals surface area contributed by atoms with Gasteiger partial charge in [0.05, 0.1) is 36.9 Å². The van der Waals surface area contributed by atoms with Crippen LogP contribution in [-0.4, -0.2) is 59.8 Å². The van der Waals surface area contributed by atoms with E-state index in [1.165, 1.54) is 11.3 Å². The number of carbonyl (C=O) groups excluding carboxylic acids is 2. The molecule has 6 nitrogen and oxygen atoms in total. The summed E-state index contributed by atoms with van der Waals surface area (Å²) in [7, 11) is 1.76. The Morgan fingerprint density at radius 2 is 2.08 bits per heavy atom. The van der Waals surface area contributed by atoms with Crippen LogP contribution in [0.3, 0.4) is 0 Å². The molecule has 0 saturated carbocycles. The zero-order chi connectivity index (χ0) is 18.4. The first-order valence-corrected chi connectivity index (χ1v) is 10.4. The van der Waals surface area contributed by atoms with Crippen LogP contribution < -0.4 is 0 Å². The molecule has 0 unspecified atom stereocenters. The van der Waals surface area contributed by atoms with Gasteiger partial charge in [0.15, 0.2) is 5.78 Å². The van der Waals surface area contributed by atoms with Crippen molar-refractivity contribution in [3.05, 3.63) is 38.5 Å². The van der Waals surface area contributed by atoms with Crippen molar-refractivity contribution < 1.29 is 14.3 Å². The number of hydrogen-bond donors (Lipinski definition) is 0. The summed E-state index contributed by atoms with van der Waals surface area (Å²) >= 11 is 3.04. The number of Topliss-reactive ketones (excluding diaryl/α,β-unsaturated/α-hetero) is 1. The molecular weight excluding hydrogens is 370 g/mol. The number of carbonyl (C=O) groups is 2. The van der Waals surface area contributed by atoms with Crippen LogP contribution in [0.5, 0.6) is 0 Å². The van der Waals surface area contributed by atoms with Gasteiger partial charge in [0.1, 0.15) is 5.01 Å². The second-order valence-electron chi connectivity index (χ2n) is 6.27. The van der Waals surface area contributed by atoms with Crippen molar-refractivity contribution in [3.8, 4) is 0 Å². The number of nitrogens with zero attached hydrogens (tertiary/aromatic N) is 3. The molecule has 0 bridgehead atoms. The summed E-state index contributed by atoms with van der Waals surface area (Å²) in [6.45, 7) is 4.74. The SMILES string of the molecule is CN(Cc1csc(CN2CCOCC2)n1)C(=O)CCC(=O)c1cccs1. The first kappa shape index (κ1) is 19.2. The Labute approximate surface area is 161 Å². The molecule has 0 radical (unpaired) electrons. The molecule has 0 aliphatic carbocycles. The van der Waals surface area contributed by atoms with Crippen LogP contribution in [0.2, 0.25) is 0 Å². The average Bonchev–Trinajstić information content (AvgIpc) is 3.32. The molecule has 3 rings (SSSR count).